The maximum atomic E-state index is 13.7. The number of rotatable bonds is 17. The molecule has 0 radical (unpaired) electrons. The number of aliphatic hydroxyl groups excluding tert-OH is 14. The van der Waals surface area contributed by atoms with Crippen LogP contribution in [0.15, 0.2) is 23.3 Å². The molecule has 9 fully saturated rings. The molecule has 0 aromatic carbocycles. The van der Waals surface area contributed by atoms with Crippen molar-refractivity contribution < 1.29 is 148 Å². The van der Waals surface area contributed by atoms with Crippen molar-refractivity contribution >= 4 is 17.9 Å². The Balaban J connectivity index is 0.987. The van der Waals surface area contributed by atoms with Crippen LogP contribution < -0.4 is 0 Å². The second-order valence-electron chi connectivity index (χ2n) is 31.3. The van der Waals surface area contributed by atoms with Gasteiger partial charge >= 0.3 is 17.9 Å². The first kappa shape index (κ1) is 76.6. The van der Waals surface area contributed by atoms with Crippen LogP contribution in [-0.4, -0.2) is 286 Å². The van der Waals surface area contributed by atoms with E-state index in [2.05, 4.69) is 40.7 Å². The Hall–Kier alpha value is -3.07. The highest BCUT2D eigenvalue weighted by atomic mass is 16.8. The monoisotopic (exact) mass is 1390 g/mol. The van der Waals surface area contributed by atoms with Crippen molar-refractivity contribution in [3.05, 3.63) is 23.3 Å². The second-order valence-corrected chi connectivity index (χ2v) is 31.3. The number of allylic oxidation sites excluding steroid dienone is 3. The number of aliphatic hydroxyl groups is 14. The fourth-order valence-corrected chi connectivity index (χ4v) is 19.0. The van der Waals surface area contributed by atoms with Gasteiger partial charge in [-0.3, -0.25) is 4.79 Å². The van der Waals surface area contributed by atoms with Gasteiger partial charge in [0, 0.05) is 12.5 Å². The van der Waals surface area contributed by atoms with Gasteiger partial charge in [-0.2, -0.15) is 0 Å². The first-order valence-electron chi connectivity index (χ1n) is 34.1. The Labute approximate surface area is 563 Å². The molecule has 0 unspecified atom stereocenters. The lowest BCUT2D eigenvalue weighted by Crippen LogP contribution is -2.70. The van der Waals surface area contributed by atoms with Gasteiger partial charge in [0.2, 0.25) is 0 Å². The third-order valence-electron chi connectivity index (χ3n) is 24.8. The molecule has 5 aliphatic heterocycles. The van der Waals surface area contributed by atoms with Gasteiger partial charge in [-0.05, 0) is 124 Å². The number of aliphatic carboxylic acids is 1. The summed E-state index contributed by atoms with van der Waals surface area (Å²) in [6, 6.07) is 0. The summed E-state index contributed by atoms with van der Waals surface area (Å²) in [5.74, 6) is -3.34. The van der Waals surface area contributed by atoms with Gasteiger partial charge < -0.3 is 133 Å². The molecule has 30 heteroatoms. The van der Waals surface area contributed by atoms with E-state index in [0.29, 0.717) is 50.5 Å². The molecule has 5 heterocycles. The van der Waals surface area contributed by atoms with Crippen molar-refractivity contribution in [2.75, 3.05) is 19.8 Å². The molecular formula is C67H106O30. The van der Waals surface area contributed by atoms with Crippen molar-refractivity contribution in [2.45, 2.75) is 306 Å². The van der Waals surface area contributed by atoms with Crippen molar-refractivity contribution in [1.29, 1.82) is 0 Å². The van der Waals surface area contributed by atoms with E-state index < -0.39 is 237 Å². The van der Waals surface area contributed by atoms with Gasteiger partial charge in [-0.15, -0.1) is 0 Å². The molecule has 35 atom stereocenters. The summed E-state index contributed by atoms with van der Waals surface area (Å²) >= 11 is 0. The van der Waals surface area contributed by atoms with Crippen molar-refractivity contribution in [3.8, 4) is 0 Å². The summed E-state index contributed by atoms with van der Waals surface area (Å²) in [5.41, 5.74) is -2.40. The van der Waals surface area contributed by atoms with Crippen LogP contribution >= 0.6 is 0 Å². The van der Waals surface area contributed by atoms with E-state index in [9.17, 15) is 91.0 Å². The van der Waals surface area contributed by atoms with Crippen LogP contribution in [0.3, 0.4) is 0 Å². The topological polar surface area (TPSA) is 465 Å². The number of esters is 2. The number of hydrogen-bond acceptors (Lipinski definition) is 29. The first-order valence-corrected chi connectivity index (χ1v) is 34.1. The van der Waals surface area contributed by atoms with E-state index in [0.717, 1.165) is 5.57 Å². The highest BCUT2D eigenvalue weighted by Crippen LogP contribution is 2.76. The Bertz CT molecular complexity index is 2860. The molecule has 10 aliphatic rings. The molecule has 0 amide bonds. The quantitative estimate of drug-likeness (QED) is 0.0339. The van der Waals surface area contributed by atoms with Gasteiger partial charge in [0.05, 0.1) is 43.5 Å². The fourth-order valence-electron chi connectivity index (χ4n) is 19.0. The number of fused-ring (bicyclic) bond motifs is 7. The predicted octanol–water partition coefficient (Wildman–Crippen LogP) is -1.56. The maximum Gasteiger partial charge on any atom is 0.335 e. The Morgan fingerprint density at radius 1 is 0.536 bits per heavy atom. The van der Waals surface area contributed by atoms with E-state index in [1.165, 1.54) is 20.8 Å². The smallest absolute Gasteiger partial charge is 0.335 e. The minimum absolute atomic E-state index is 0.0233. The molecule has 554 valence electrons. The Kier molecular flexibility index (Phi) is 22.5. The molecule has 5 aliphatic carbocycles. The number of ether oxygens (including phenoxy) is 12. The molecule has 0 aromatic rings. The molecule has 30 nitrogen and oxygen atoms in total. The molecule has 97 heavy (non-hydrogen) atoms. The predicted molar refractivity (Wildman–Crippen MR) is 329 cm³/mol. The van der Waals surface area contributed by atoms with E-state index in [1.54, 1.807) is 19.9 Å². The summed E-state index contributed by atoms with van der Waals surface area (Å²) in [4.78, 5) is 40.5. The number of carboxylic acid groups (broad SMARTS) is 1. The minimum Gasteiger partial charge on any atom is -0.479 e. The number of carbonyl (C=O) groups excluding carboxylic acids is 2. The molecule has 0 spiro atoms. The summed E-state index contributed by atoms with van der Waals surface area (Å²) in [7, 11) is 0. The minimum atomic E-state index is -2.35. The van der Waals surface area contributed by atoms with Crippen LogP contribution in [0.1, 0.15) is 134 Å². The number of hydrogen-bond donors (Lipinski definition) is 15. The van der Waals surface area contributed by atoms with Crippen LogP contribution in [0.25, 0.3) is 0 Å². The normalized spacial score (nSPS) is 51.3. The molecule has 4 saturated carbocycles. The zero-order valence-electron chi connectivity index (χ0n) is 57.2. The fraction of sp³-hybridized carbons (Fsp3) is 0.896. The Morgan fingerprint density at radius 2 is 1.04 bits per heavy atom. The van der Waals surface area contributed by atoms with Gasteiger partial charge in [0.1, 0.15) is 116 Å². The van der Waals surface area contributed by atoms with Gasteiger partial charge in [-0.1, -0.05) is 66.2 Å². The molecule has 0 aromatic heterocycles. The molecular weight excluding hydrogens is 1280 g/mol. The average molecular weight is 1390 g/mol. The summed E-state index contributed by atoms with van der Waals surface area (Å²) < 4.78 is 74.7. The van der Waals surface area contributed by atoms with Crippen LogP contribution in [0.5, 0.6) is 0 Å². The average Bonchev–Trinajstić information content (AvgIpc) is 0.669. The summed E-state index contributed by atoms with van der Waals surface area (Å²) in [5, 5.41) is 167. The maximum absolute atomic E-state index is 13.7. The van der Waals surface area contributed by atoms with Gasteiger partial charge in [0.15, 0.2) is 37.6 Å². The third-order valence-corrected chi connectivity index (χ3v) is 24.8. The largest absolute Gasteiger partial charge is 0.479 e. The highest BCUT2D eigenvalue weighted by molar-refractivity contribution is 5.87. The van der Waals surface area contributed by atoms with E-state index in [-0.39, 0.29) is 29.6 Å². The number of carboxylic acids is 1. The molecule has 5 saturated heterocycles. The van der Waals surface area contributed by atoms with Crippen molar-refractivity contribution in [3.63, 3.8) is 0 Å². The Morgan fingerprint density at radius 3 is 1.63 bits per heavy atom. The highest BCUT2D eigenvalue weighted by Gasteiger charge is 2.73. The van der Waals surface area contributed by atoms with Crippen molar-refractivity contribution in [2.24, 2.45) is 50.2 Å². The molecule has 0 bridgehead atoms. The standard InChI is InChI=1S/C67H106O30/c1-13-26(2)56(85)91-37-21-62(6,7)20-31-30-14-15-35-64(10)18-17-36(63(8,9)34(64)16-19-65(35,11)66(30,12)22-38(88-29(5)71)67(31,37)25-70)92-61-54(97-58-48(81)44(77)41(74)32(23-68)89-58)50(49(82)51(94-61)55(83)84)93-60-53(46(79)42(75)33(24-69)90-60)96-59-52(45(78)40(73)28(4)87-59)95-57-47(80)43(76)39(72)27(3)86-57/h13-14,27-28,31-54,57-61,68-70,72-82H,15-25H2,1-12H3,(H,83,84)/b26-13-/t27-,28-,31-,32+,33+,34-,35+,36-,37-,38+,39-,40-,41-,42-,43+,44-,45+,46-,47+,48+,49-,50-,51-,52+,53+,54+,57-,58+,59+,60-,61+,64-,65+,66+,67+/m0/s1. The molecule has 15 N–H and O–H groups in total. The van der Waals surface area contributed by atoms with E-state index >= 15 is 0 Å². The van der Waals surface area contributed by atoms with Crippen LogP contribution in [0.4, 0.5) is 0 Å². The second kappa shape index (κ2) is 28.5. The van der Waals surface area contributed by atoms with Gasteiger partial charge in [0.25, 0.3) is 0 Å². The number of carbonyl (C=O) groups is 3. The van der Waals surface area contributed by atoms with E-state index in [1.807, 2.05) is 13.8 Å². The van der Waals surface area contributed by atoms with E-state index in [4.69, 9.17) is 56.8 Å². The zero-order chi connectivity index (χ0) is 71.5. The lowest BCUT2D eigenvalue weighted by atomic mass is 9.33. The third kappa shape index (κ3) is 13.2. The lowest BCUT2D eigenvalue weighted by Gasteiger charge is -2.72. The van der Waals surface area contributed by atoms with Gasteiger partial charge in [-0.25, -0.2) is 9.59 Å². The lowest BCUT2D eigenvalue weighted by molar-refractivity contribution is -0.412. The van der Waals surface area contributed by atoms with Crippen LogP contribution in [0.2, 0.25) is 0 Å². The molecule has 10 rings (SSSR count). The first-order chi connectivity index (χ1) is 45.3. The SMILES string of the molecule is C/C=C(/C)C(=O)O[C@H]1CC(C)(C)C[C@H]2C3=CC[C@@H]4[C@@]5(C)CC[C@H](O[C@@H]6O[C@H](C(=O)O)[C@@H](O)[C@H](O[C@@H]7O[C@H](CO)[C@H](O)[C@H](O)[C@H]7O[C@H]7O[C@@H](C)[C@H](O)[C@@H](O)[C@H]7O[C@@H]7O[C@@H](C)[C@H](O)[C@@H](O)[C@H]7O)[C@H]6O[C@H]6O[C@H](CO)[C@H](O)[C@H](O)[C@H]6O)C(C)(C)[C@@H]5CC[C@@]4(C)[C@]3(C)C[C@@H](OC(C)=O)[C@@]12CO. The van der Waals surface area contributed by atoms with Crippen LogP contribution in [0, 0.1) is 50.2 Å². The summed E-state index contributed by atoms with van der Waals surface area (Å²) in [6.07, 6.45) is -42.4. The van der Waals surface area contributed by atoms with Crippen LogP contribution in [-0.2, 0) is 71.2 Å². The van der Waals surface area contributed by atoms with Crippen molar-refractivity contribution in [1.82, 2.24) is 0 Å². The zero-order valence-corrected chi connectivity index (χ0v) is 57.2. The summed E-state index contributed by atoms with van der Waals surface area (Å²) in [6.45, 7) is 20.2.